The van der Waals surface area contributed by atoms with E-state index in [1.807, 2.05) is 17.5 Å². The molecule has 1 N–H and O–H groups in total. The Balaban J connectivity index is 1.56. The number of thiophene rings is 2. The van der Waals surface area contributed by atoms with Crippen LogP contribution >= 0.6 is 22.7 Å². The lowest BCUT2D eigenvalue weighted by Gasteiger charge is -2.15. The highest BCUT2D eigenvalue weighted by atomic mass is 32.1. The van der Waals surface area contributed by atoms with Crippen LogP contribution in [0.15, 0.2) is 22.3 Å². The van der Waals surface area contributed by atoms with Gasteiger partial charge in [0, 0.05) is 11.9 Å². The molecule has 5 nitrogen and oxygen atoms in total. The fraction of sp³-hybridized carbons (Fsp3) is 0.353. The van der Waals surface area contributed by atoms with E-state index in [1.165, 1.54) is 34.6 Å². The number of amides is 1. The van der Waals surface area contributed by atoms with Crippen molar-refractivity contribution in [1.82, 2.24) is 14.9 Å². The summed E-state index contributed by atoms with van der Waals surface area (Å²) in [7, 11) is 1.75. The van der Waals surface area contributed by atoms with Gasteiger partial charge in [0.05, 0.1) is 16.9 Å². The Kier molecular flexibility index (Phi) is 3.97. The molecule has 0 aliphatic heterocycles. The highest BCUT2D eigenvalue weighted by Gasteiger charge is 2.20. The zero-order chi connectivity index (χ0) is 16.7. The molecule has 7 heteroatoms. The first kappa shape index (κ1) is 15.5. The molecule has 1 amide bonds. The molecule has 0 spiro atoms. The summed E-state index contributed by atoms with van der Waals surface area (Å²) in [4.78, 5) is 35.7. The molecule has 3 aromatic heterocycles. The Morgan fingerprint density at radius 1 is 1.38 bits per heavy atom. The van der Waals surface area contributed by atoms with Crippen molar-refractivity contribution < 1.29 is 4.79 Å². The molecule has 1 aliphatic carbocycles. The van der Waals surface area contributed by atoms with E-state index in [0.29, 0.717) is 22.6 Å². The van der Waals surface area contributed by atoms with E-state index in [2.05, 4.69) is 9.97 Å². The largest absolute Gasteiger partial charge is 0.334 e. The summed E-state index contributed by atoms with van der Waals surface area (Å²) in [5.74, 6) is 0.505. The second-order valence-corrected chi connectivity index (χ2v) is 8.13. The monoisotopic (exact) mass is 359 g/mol. The van der Waals surface area contributed by atoms with Crippen LogP contribution in [0.3, 0.4) is 0 Å². The number of carbonyl (C=O) groups is 1. The molecule has 0 bridgehead atoms. The molecule has 1 aliphatic rings. The number of nitrogens with zero attached hydrogens (tertiary/aromatic N) is 2. The van der Waals surface area contributed by atoms with Crippen LogP contribution in [0.5, 0.6) is 0 Å². The summed E-state index contributed by atoms with van der Waals surface area (Å²) in [6, 6.07) is 3.87. The summed E-state index contributed by atoms with van der Waals surface area (Å²) in [6.07, 6.45) is 4.58. The van der Waals surface area contributed by atoms with Crippen LogP contribution in [0, 0.1) is 0 Å². The fourth-order valence-electron chi connectivity index (χ4n) is 3.08. The maximum atomic E-state index is 12.7. The van der Waals surface area contributed by atoms with Crippen LogP contribution in [0.4, 0.5) is 0 Å². The minimum Gasteiger partial charge on any atom is -0.334 e. The Hall–Kier alpha value is -1.99. The number of aromatic amines is 1. The number of carbonyl (C=O) groups excluding carboxylic acids is 1. The molecular weight excluding hydrogens is 342 g/mol. The molecule has 0 saturated carbocycles. The van der Waals surface area contributed by atoms with Gasteiger partial charge >= 0.3 is 0 Å². The van der Waals surface area contributed by atoms with E-state index in [4.69, 9.17) is 0 Å². The third kappa shape index (κ3) is 2.78. The highest BCUT2D eigenvalue weighted by molar-refractivity contribution is 7.17. The van der Waals surface area contributed by atoms with Gasteiger partial charge in [-0.3, -0.25) is 9.59 Å². The third-order valence-electron chi connectivity index (χ3n) is 4.30. The molecule has 124 valence electrons. The van der Waals surface area contributed by atoms with Gasteiger partial charge in [-0.25, -0.2) is 4.98 Å². The van der Waals surface area contributed by atoms with Gasteiger partial charge in [0.2, 0.25) is 0 Å². The standard InChI is InChI=1S/C17H17N3O2S2/c1-20(9-14-18-11-6-7-23-15(11)16(21)19-14)17(22)13-8-10-4-2-3-5-12(10)24-13/h6-8H,2-5,9H2,1H3,(H,18,19,21). The first-order chi connectivity index (χ1) is 11.6. The molecule has 0 saturated heterocycles. The Labute approximate surface area is 147 Å². The number of fused-ring (bicyclic) bond motifs is 2. The van der Waals surface area contributed by atoms with Gasteiger partial charge in [-0.15, -0.1) is 22.7 Å². The normalized spacial score (nSPS) is 13.9. The first-order valence-electron chi connectivity index (χ1n) is 7.95. The van der Waals surface area contributed by atoms with E-state index >= 15 is 0 Å². The van der Waals surface area contributed by atoms with Crippen molar-refractivity contribution in [2.45, 2.75) is 32.2 Å². The van der Waals surface area contributed by atoms with Gasteiger partial charge in [-0.1, -0.05) is 0 Å². The number of hydrogen-bond donors (Lipinski definition) is 1. The zero-order valence-electron chi connectivity index (χ0n) is 13.3. The van der Waals surface area contributed by atoms with Crippen LogP contribution in [-0.2, 0) is 19.4 Å². The molecule has 0 aromatic carbocycles. The van der Waals surface area contributed by atoms with Crippen LogP contribution < -0.4 is 5.56 Å². The number of H-pyrrole nitrogens is 1. The van der Waals surface area contributed by atoms with Gasteiger partial charge in [-0.05, 0) is 48.8 Å². The molecule has 4 rings (SSSR count). The van der Waals surface area contributed by atoms with Crippen molar-refractivity contribution in [2.75, 3.05) is 7.05 Å². The summed E-state index contributed by atoms with van der Waals surface area (Å²) in [5.41, 5.74) is 1.87. The maximum Gasteiger partial charge on any atom is 0.268 e. The van der Waals surface area contributed by atoms with Crippen molar-refractivity contribution >= 4 is 38.8 Å². The van der Waals surface area contributed by atoms with Crippen LogP contribution in [0.1, 0.15) is 38.8 Å². The van der Waals surface area contributed by atoms with E-state index in [9.17, 15) is 9.59 Å². The Morgan fingerprint density at radius 3 is 3.04 bits per heavy atom. The fourth-order valence-corrected chi connectivity index (χ4v) is 5.05. The van der Waals surface area contributed by atoms with Crippen LogP contribution in [-0.4, -0.2) is 27.8 Å². The van der Waals surface area contributed by atoms with Gasteiger partial charge in [0.1, 0.15) is 10.5 Å². The van der Waals surface area contributed by atoms with Gasteiger partial charge in [0.25, 0.3) is 11.5 Å². The zero-order valence-corrected chi connectivity index (χ0v) is 14.9. The van der Waals surface area contributed by atoms with E-state index in [-0.39, 0.29) is 11.5 Å². The molecule has 0 fully saturated rings. The molecule has 0 unspecified atom stereocenters. The second kappa shape index (κ2) is 6.14. The Bertz CT molecular complexity index is 946. The van der Waals surface area contributed by atoms with Crippen molar-refractivity contribution in [3.63, 3.8) is 0 Å². The van der Waals surface area contributed by atoms with E-state index < -0.39 is 0 Å². The third-order valence-corrected chi connectivity index (χ3v) is 6.43. The summed E-state index contributed by atoms with van der Waals surface area (Å²) in [6.45, 7) is 0.294. The average Bonchev–Trinajstić information content (AvgIpc) is 3.20. The lowest BCUT2D eigenvalue weighted by atomic mass is 9.99. The van der Waals surface area contributed by atoms with Gasteiger partial charge in [0.15, 0.2) is 0 Å². The van der Waals surface area contributed by atoms with Crippen LogP contribution in [0.2, 0.25) is 0 Å². The molecule has 3 aromatic rings. The smallest absolute Gasteiger partial charge is 0.268 e. The predicted octanol–water partition coefficient (Wildman–Crippen LogP) is 3.20. The van der Waals surface area contributed by atoms with Crippen molar-refractivity contribution in [1.29, 1.82) is 0 Å². The van der Waals surface area contributed by atoms with Gasteiger partial charge < -0.3 is 9.88 Å². The number of rotatable bonds is 3. The molecule has 0 atom stereocenters. The SMILES string of the molecule is CN(Cc1nc2ccsc2c(=O)[nH]1)C(=O)c1cc2c(s1)CCCC2. The van der Waals surface area contributed by atoms with E-state index in [1.54, 1.807) is 23.3 Å². The van der Waals surface area contributed by atoms with Crippen LogP contribution in [0.25, 0.3) is 10.2 Å². The number of aryl methyl sites for hydroxylation is 2. The lowest BCUT2D eigenvalue weighted by Crippen LogP contribution is -2.27. The summed E-state index contributed by atoms with van der Waals surface area (Å²) < 4.78 is 0.624. The quantitative estimate of drug-likeness (QED) is 0.781. The molecule has 24 heavy (non-hydrogen) atoms. The topological polar surface area (TPSA) is 66.1 Å². The first-order valence-corrected chi connectivity index (χ1v) is 9.65. The van der Waals surface area contributed by atoms with Crippen molar-refractivity contribution in [3.8, 4) is 0 Å². The number of hydrogen-bond acceptors (Lipinski definition) is 5. The number of aromatic nitrogens is 2. The second-order valence-electron chi connectivity index (χ2n) is 6.07. The maximum absolute atomic E-state index is 12.7. The number of nitrogens with one attached hydrogen (secondary N) is 1. The minimum atomic E-state index is -0.141. The average molecular weight is 359 g/mol. The highest BCUT2D eigenvalue weighted by Crippen LogP contribution is 2.30. The van der Waals surface area contributed by atoms with Gasteiger partial charge in [-0.2, -0.15) is 0 Å². The molecule has 0 radical (unpaired) electrons. The summed E-state index contributed by atoms with van der Waals surface area (Å²) >= 11 is 2.98. The minimum absolute atomic E-state index is 0.0116. The van der Waals surface area contributed by atoms with Crippen molar-refractivity contribution in [3.05, 3.63) is 49.0 Å². The lowest BCUT2D eigenvalue weighted by molar-refractivity contribution is 0.0786. The van der Waals surface area contributed by atoms with Crippen molar-refractivity contribution in [2.24, 2.45) is 0 Å². The molecule has 3 heterocycles. The predicted molar refractivity (Wildman–Crippen MR) is 97.0 cm³/mol. The van der Waals surface area contributed by atoms with E-state index in [0.717, 1.165) is 17.7 Å². The molecular formula is C17H17N3O2S2. The summed E-state index contributed by atoms with van der Waals surface area (Å²) in [5, 5.41) is 1.85. The Morgan fingerprint density at radius 2 is 2.21 bits per heavy atom.